The Balaban J connectivity index is 1.42. The molecular formula is C24H37N5O2. The van der Waals surface area contributed by atoms with E-state index < -0.39 is 11.8 Å². The molecule has 1 saturated carbocycles. The number of likely N-dealkylation sites (N-methyl/N-ethyl adjacent to an activating group) is 2. The predicted octanol–water partition coefficient (Wildman–Crippen LogP) is 1.53. The van der Waals surface area contributed by atoms with Crippen molar-refractivity contribution in [2.24, 2.45) is 0 Å². The predicted molar refractivity (Wildman–Crippen MR) is 123 cm³/mol. The molecule has 31 heavy (non-hydrogen) atoms. The van der Waals surface area contributed by atoms with Crippen molar-refractivity contribution in [3.8, 4) is 0 Å². The van der Waals surface area contributed by atoms with E-state index in [4.69, 9.17) is 0 Å². The van der Waals surface area contributed by atoms with E-state index in [0.29, 0.717) is 6.54 Å². The second-order valence-electron chi connectivity index (χ2n) is 9.43. The van der Waals surface area contributed by atoms with Gasteiger partial charge in [-0.2, -0.15) is 0 Å². The molecule has 0 aromatic heterocycles. The largest absolute Gasteiger partial charge is 0.374 e. The Bertz CT molecular complexity index is 784. The van der Waals surface area contributed by atoms with Gasteiger partial charge in [0.1, 0.15) is 0 Å². The van der Waals surface area contributed by atoms with Gasteiger partial charge < -0.3 is 20.4 Å². The van der Waals surface area contributed by atoms with E-state index in [9.17, 15) is 9.59 Å². The highest BCUT2D eigenvalue weighted by molar-refractivity contribution is 6.35. The van der Waals surface area contributed by atoms with Crippen molar-refractivity contribution in [3.05, 3.63) is 29.3 Å². The minimum Gasteiger partial charge on any atom is -0.374 e. The van der Waals surface area contributed by atoms with Crippen molar-refractivity contribution in [2.75, 3.05) is 58.3 Å². The summed E-state index contributed by atoms with van der Waals surface area (Å²) >= 11 is 0. The summed E-state index contributed by atoms with van der Waals surface area (Å²) in [5.74, 6) is -0.995. The van der Waals surface area contributed by atoms with Gasteiger partial charge in [0.15, 0.2) is 0 Å². The van der Waals surface area contributed by atoms with Gasteiger partial charge >= 0.3 is 11.8 Å². The van der Waals surface area contributed by atoms with Crippen molar-refractivity contribution in [3.63, 3.8) is 0 Å². The normalized spacial score (nSPS) is 21.5. The van der Waals surface area contributed by atoms with E-state index in [1.54, 1.807) is 0 Å². The third-order valence-electron chi connectivity index (χ3n) is 7.20. The maximum absolute atomic E-state index is 12.6. The summed E-state index contributed by atoms with van der Waals surface area (Å²) in [6.45, 7) is 5.45. The number of anilines is 1. The van der Waals surface area contributed by atoms with Gasteiger partial charge in [-0.3, -0.25) is 14.5 Å². The zero-order chi connectivity index (χ0) is 21.8. The SMILES string of the molecule is CN1CCN([C@H](CNC(=O)C(=O)NC2CCCCC2)c2ccc3c(c2)CCN3C)CC1. The summed E-state index contributed by atoms with van der Waals surface area (Å²) in [4.78, 5) is 32.1. The van der Waals surface area contributed by atoms with Gasteiger partial charge in [0.25, 0.3) is 0 Å². The number of carbonyl (C=O) groups excluding carboxylic acids is 2. The molecule has 1 atom stereocenters. The van der Waals surface area contributed by atoms with Gasteiger partial charge in [-0.25, -0.2) is 0 Å². The molecule has 7 nitrogen and oxygen atoms in total. The maximum atomic E-state index is 12.6. The first-order chi connectivity index (χ1) is 15.0. The summed E-state index contributed by atoms with van der Waals surface area (Å²) < 4.78 is 0. The lowest BCUT2D eigenvalue weighted by atomic mass is 9.95. The quantitative estimate of drug-likeness (QED) is 0.698. The van der Waals surface area contributed by atoms with E-state index in [-0.39, 0.29) is 12.1 Å². The summed E-state index contributed by atoms with van der Waals surface area (Å²) in [5, 5.41) is 5.87. The van der Waals surface area contributed by atoms with Crippen LogP contribution in [0.3, 0.4) is 0 Å². The molecule has 2 N–H and O–H groups in total. The molecule has 170 valence electrons. The van der Waals surface area contributed by atoms with Crippen molar-refractivity contribution in [1.82, 2.24) is 20.4 Å². The Morgan fingerprint density at radius 1 is 1.00 bits per heavy atom. The van der Waals surface area contributed by atoms with E-state index >= 15 is 0 Å². The van der Waals surface area contributed by atoms with Gasteiger partial charge in [-0.05, 0) is 43.5 Å². The summed E-state index contributed by atoms with van der Waals surface area (Å²) in [6, 6.07) is 6.93. The Morgan fingerprint density at radius 3 is 2.48 bits per heavy atom. The Kier molecular flexibility index (Phi) is 7.13. The molecule has 0 unspecified atom stereocenters. The first-order valence-corrected chi connectivity index (χ1v) is 11.9. The highest BCUT2D eigenvalue weighted by Crippen LogP contribution is 2.31. The minimum absolute atomic E-state index is 0.0799. The van der Waals surface area contributed by atoms with Crippen LogP contribution in [0.5, 0.6) is 0 Å². The number of hydrogen-bond acceptors (Lipinski definition) is 5. The lowest BCUT2D eigenvalue weighted by molar-refractivity contribution is -0.139. The van der Waals surface area contributed by atoms with Crippen LogP contribution in [-0.4, -0.2) is 81.0 Å². The van der Waals surface area contributed by atoms with Gasteiger partial charge in [0.2, 0.25) is 0 Å². The fourth-order valence-electron chi connectivity index (χ4n) is 5.15. The first-order valence-electron chi connectivity index (χ1n) is 11.9. The molecule has 1 aromatic rings. The average Bonchev–Trinajstić information content (AvgIpc) is 3.16. The molecule has 4 rings (SSSR count). The Hall–Kier alpha value is -2.12. The maximum Gasteiger partial charge on any atom is 0.309 e. The van der Waals surface area contributed by atoms with Crippen LogP contribution in [0.15, 0.2) is 18.2 Å². The fraction of sp³-hybridized carbons (Fsp3) is 0.667. The van der Waals surface area contributed by atoms with E-state index in [1.165, 1.54) is 23.2 Å². The highest BCUT2D eigenvalue weighted by atomic mass is 16.2. The molecule has 1 aliphatic carbocycles. The molecule has 0 radical (unpaired) electrons. The van der Waals surface area contributed by atoms with Crippen LogP contribution >= 0.6 is 0 Å². The second kappa shape index (κ2) is 10.0. The van der Waals surface area contributed by atoms with Crippen LogP contribution in [0.4, 0.5) is 5.69 Å². The van der Waals surface area contributed by atoms with Crippen LogP contribution in [0, 0.1) is 0 Å². The third kappa shape index (κ3) is 5.39. The van der Waals surface area contributed by atoms with E-state index in [2.05, 4.69) is 57.6 Å². The van der Waals surface area contributed by atoms with Gasteiger partial charge in [-0.15, -0.1) is 0 Å². The van der Waals surface area contributed by atoms with E-state index in [0.717, 1.165) is 64.8 Å². The molecule has 0 bridgehead atoms. The van der Waals surface area contributed by atoms with Crippen molar-refractivity contribution in [1.29, 1.82) is 0 Å². The zero-order valence-electron chi connectivity index (χ0n) is 19.0. The molecule has 7 heteroatoms. The fourth-order valence-corrected chi connectivity index (χ4v) is 5.15. The number of piperazine rings is 1. The molecule has 1 saturated heterocycles. The highest BCUT2D eigenvalue weighted by Gasteiger charge is 2.27. The van der Waals surface area contributed by atoms with E-state index in [1.807, 2.05) is 0 Å². The third-order valence-corrected chi connectivity index (χ3v) is 7.20. The van der Waals surface area contributed by atoms with Crippen molar-refractivity contribution >= 4 is 17.5 Å². The van der Waals surface area contributed by atoms with Crippen LogP contribution < -0.4 is 15.5 Å². The Morgan fingerprint density at radius 2 is 1.74 bits per heavy atom. The Labute approximate surface area is 186 Å². The molecular weight excluding hydrogens is 390 g/mol. The number of fused-ring (bicyclic) bond motifs is 1. The average molecular weight is 428 g/mol. The molecule has 3 aliphatic rings. The van der Waals surface area contributed by atoms with Gasteiger partial charge in [-0.1, -0.05) is 31.4 Å². The lowest BCUT2D eigenvalue weighted by Gasteiger charge is -2.38. The minimum atomic E-state index is -0.509. The summed E-state index contributed by atoms with van der Waals surface area (Å²) in [7, 11) is 4.28. The number of hydrogen-bond donors (Lipinski definition) is 2. The van der Waals surface area contributed by atoms with Crippen LogP contribution in [0.2, 0.25) is 0 Å². The van der Waals surface area contributed by atoms with Crippen LogP contribution in [0.1, 0.15) is 49.3 Å². The number of carbonyl (C=O) groups is 2. The van der Waals surface area contributed by atoms with Gasteiger partial charge in [0, 0.05) is 58.0 Å². The number of nitrogens with one attached hydrogen (secondary N) is 2. The molecule has 2 aliphatic heterocycles. The zero-order valence-corrected chi connectivity index (χ0v) is 19.0. The molecule has 1 aromatic carbocycles. The number of nitrogens with zero attached hydrogens (tertiary/aromatic N) is 3. The topological polar surface area (TPSA) is 67.9 Å². The lowest BCUT2D eigenvalue weighted by Crippen LogP contribution is -2.50. The number of benzene rings is 1. The first kappa shape index (κ1) is 22.1. The smallest absolute Gasteiger partial charge is 0.309 e. The molecule has 2 amide bonds. The number of amides is 2. The van der Waals surface area contributed by atoms with Crippen LogP contribution in [-0.2, 0) is 16.0 Å². The van der Waals surface area contributed by atoms with Crippen molar-refractivity contribution < 1.29 is 9.59 Å². The molecule has 0 spiro atoms. The van der Waals surface area contributed by atoms with Gasteiger partial charge in [0.05, 0.1) is 6.04 Å². The van der Waals surface area contributed by atoms with Crippen LogP contribution in [0.25, 0.3) is 0 Å². The summed E-state index contributed by atoms with van der Waals surface area (Å²) in [6.07, 6.45) is 6.50. The summed E-state index contributed by atoms with van der Waals surface area (Å²) in [5.41, 5.74) is 3.91. The monoisotopic (exact) mass is 427 g/mol. The standard InChI is InChI=1S/C24H37N5O2/c1-27-12-14-29(15-13-27)22(18-8-9-21-19(16-18)10-11-28(21)2)17-25-23(30)24(31)26-20-6-4-3-5-7-20/h8-9,16,20,22H,3-7,10-15,17H2,1-2H3,(H,25,30)(H,26,31)/t22-/m1/s1. The molecule has 2 fully saturated rings. The number of rotatable bonds is 5. The molecule has 2 heterocycles. The second-order valence-corrected chi connectivity index (χ2v) is 9.43. The van der Waals surface area contributed by atoms with Crippen molar-refractivity contribution in [2.45, 2.75) is 50.6 Å².